The molecule has 7 heteroatoms. The predicted octanol–water partition coefficient (Wildman–Crippen LogP) is 10.9. The Morgan fingerprint density at radius 2 is 1.12 bits per heavy atom. The zero-order valence-electron chi connectivity index (χ0n) is 31.1. The zero-order chi connectivity index (χ0) is 39.0. The van der Waals surface area contributed by atoms with Gasteiger partial charge < -0.3 is 19.5 Å². The van der Waals surface area contributed by atoms with Gasteiger partial charge in [0.15, 0.2) is 5.60 Å². The Bertz CT molecular complexity index is 2370. The Hall–Kier alpha value is -6.63. The van der Waals surface area contributed by atoms with Gasteiger partial charge in [0.05, 0.1) is 0 Å². The molecule has 0 saturated carbocycles. The van der Waals surface area contributed by atoms with Gasteiger partial charge in [-0.25, -0.2) is 9.59 Å². The number of amides is 1. The van der Waals surface area contributed by atoms with Crippen LogP contribution in [0.5, 0.6) is 5.75 Å². The van der Waals surface area contributed by atoms with Crippen LogP contribution in [0, 0.1) is 0 Å². The summed E-state index contributed by atoms with van der Waals surface area (Å²) < 4.78 is 18.8. The molecule has 1 aliphatic rings. The van der Waals surface area contributed by atoms with Crippen LogP contribution in [0.25, 0.3) is 11.1 Å². The zero-order valence-corrected chi connectivity index (χ0v) is 31.8. The van der Waals surface area contributed by atoms with E-state index in [0.717, 1.165) is 33.4 Å². The van der Waals surface area contributed by atoms with Crippen molar-refractivity contribution in [2.24, 2.45) is 0 Å². The standard InChI is InChI=1S/C50H40ClNO5/c51-46-27-15-14-26-45(46)50(37-18-6-2-7-19-37,38-20-8-3-9-21-38)57-48(53)47(32-35-28-30-39(31-29-35)55-33-36-16-4-1-5-17-36)52-49(54)56-34-44-42-24-12-10-22-40(42)41-23-11-13-25-43(41)44/h1-31,44,47H,32-34H2,(H,52,54)/t47-/m0/s1. The molecule has 0 fully saturated rings. The molecule has 7 aromatic carbocycles. The molecule has 6 nitrogen and oxygen atoms in total. The summed E-state index contributed by atoms with van der Waals surface area (Å²) in [6.45, 7) is 0.508. The number of carbonyl (C=O) groups is 2. The van der Waals surface area contributed by atoms with Crippen LogP contribution in [0.1, 0.15) is 44.9 Å². The Balaban J connectivity index is 1.10. The van der Waals surface area contributed by atoms with E-state index in [9.17, 15) is 9.59 Å². The van der Waals surface area contributed by atoms with Gasteiger partial charge in [-0.2, -0.15) is 0 Å². The summed E-state index contributed by atoms with van der Waals surface area (Å²) in [5.41, 5.74) is 6.76. The Labute approximate surface area is 337 Å². The number of rotatable bonds is 13. The molecule has 1 N–H and O–H groups in total. The molecule has 0 heterocycles. The summed E-state index contributed by atoms with van der Waals surface area (Å²) in [6.07, 6.45) is -0.617. The van der Waals surface area contributed by atoms with Crippen LogP contribution in [0.3, 0.4) is 0 Å². The highest BCUT2D eigenvalue weighted by atomic mass is 35.5. The third-order valence-corrected chi connectivity index (χ3v) is 10.7. The quantitative estimate of drug-likeness (QED) is 0.0934. The first-order valence-corrected chi connectivity index (χ1v) is 19.3. The normalized spacial score (nSPS) is 12.5. The molecular weight excluding hydrogens is 730 g/mol. The van der Waals surface area contributed by atoms with E-state index in [-0.39, 0.29) is 18.9 Å². The Morgan fingerprint density at radius 1 is 0.596 bits per heavy atom. The first-order chi connectivity index (χ1) is 28.0. The summed E-state index contributed by atoms with van der Waals surface area (Å²) >= 11 is 6.95. The van der Waals surface area contributed by atoms with Gasteiger partial charge in [0.1, 0.15) is 25.0 Å². The molecule has 57 heavy (non-hydrogen) atoms. The van der Waals surface area contributed by atoms with Gasteiger partial charge in [-0.05, 0) is 51.6 Å². The number of ether oxygens (including phenoxy) is 3. The highest BCUT2D eigenvalue weighted by Gasteiger charge is 2.44. The molecule has 0 saturated heterocycles. The lowest BCUT2D eigenvalue weighted by Gasteiger charge is -2.37. The topological polar surface area (TPSA) is 73.9 Å². The molecular formula is C50H40ClNO5. The molecule has 1 aliphatic carbocycles. The molecule has 0 spiro atoms. The van der Waals surface area contributed by atoms with Crippen molar-refractivity contribution in [3.05, 3.63) is 232 Å². The van der Waals surface area contributed by atoms with Crippen LogP contribution >= 0.6 is 11.6 Å². The first kappa shape index (κ1) is 37.3. The number of nitrogens with one attached hydrogen (secondary N) is 1. The van der Waals surface area contributed by atoms with Gasteiger partial charge in [-0.3, -0.25) is 0 Å². The minimum Gasteiger partial charge on any atom is -0.489 e. The van der Waals surface area contributed by atoms with E-state index in [0.29, 0.717) is 34.1 Å². The number of carbonyl (C=O) groups excluding carboxylic acids is 2. The minimum atomic E-state index is -1.46. The summed E-state index contributed by atoms with van der Waals surface area (Å²) in [6, 6.07) is 58.9. The smallest absolute Gasteiger partial charge is 0.407 e. The number of alkyl carbamates (subject to hydrolysis) is 1. The van der Waals surface area contributed by atoms with Crippen molar-refractivity contribution >= 4 is 23.7 Å². The molecule has 0 radical (unpaired) electrons. The Kier molecular flexibility index (Phi) is 11.1. The molecule has 7 aromatic rings. The van der Waals surface area contributed by atoms with E-state index in [1.807, 2.05) is 158 Å². The maximum Gasteiger partial charge on any atom is 0.407 e. The van der Waals surface area contributed by atoms with Crippen LogP contribution in [-0.4, -0.2) is 24.7 Å². The van der Waals surface area contributed by atoms with Crippen molar-refractivity contribution in [2.45, 2.75) is 30.6 Å². The lowest BCUT2D eigenvalue weighted by atomic mass is 9.80. The maximum atomic E-state index is 14.9. The summed E-state index contributed by atoms with van der Waals surface area (Å²) in [4.78, 5) is 28.7. The minimum absolute atomic E-state index is 0.0899. The lowest BCUT2D eigenvalue weighted by Crippen LogP contribution is -2.47. The van der Waals surface area contributed by atoms with Crippen molar-refractivity contribution in [1.82, 2.24) is 5.32 Å². The van der Waals surface area contributed by atoms with Gasteiger partial charge in [0, 0.05) is 34.1 Å². The molecule has 0 bridgehead atoms. The van der Waals surface area contributed by atoms with Crippen molar-refractivity contribution < 1.29 is 23.8 Å². The average molecular weight is 770 g/mol. The molecule has 0 aliphatic heterocycles. The number of hydrogen-bond acceptors (Lipinski definition) is 5. The van der Waals surface area contributed by atoms with Crippen molar-refractivity contribution in [3.63, 3.8) is 0 Å². The van der Waals surface area contributed by atoms with Crippen molar-refractivity contribution in [1.29, 1.82) is 0 Å². The van der Waals surface area contributed by atoms with E-state index in [1.165, 1.54) is 0 Å². The Morgan fingerprint density at radius 3 is 1.72 bits per heavy atom. The van der Waals surface area contributed by atoms with Gasteiger partial charge in [0.25, 0.3) is 0 Å². The van der Waals surface area contributed by atoms with Crippen molar-refractivity contribution in [3.8, 4) is 16.9 Å². The van der Waals surface area contributed by atoms with Crippen LogP contribution < -0.4 is 10.1 Å². The SMILES string of the molecule is O=C(N[C@@H](Cc1ccc(OCc2ccccc2)cc1)C(=O)OC(c1ccccc1)(c1ccccc1)c1ccccc1Cl)OCC1c2ccccc2-c2ccccc21. The fourth-order valence-corrected chi connectivity index (χ4v) is 7.91. The highest BCUT2D eigenvalue weighted by Crippen LogP contribution is 2.45. The largest absolute Gasteiger partial charge is 0.489 e. The van der Waals surface area contributed by atoms with Crippen LogP contribution in [0.4, 0.5) is 4.79 Å². The fraction of sp³-hybridized carbons (Fsp3) is 0.120. The second kappa shape index (κ2) is 17.0. The highest BCUT2D eigenvalue weighted by molar-refractivity contribution is 6.31. The molecule has 1 amide bonds. The van der Waals surface area contributed by atoms with Gasteiger partial charge in [-0.15, -0.1) is 0 Å². The molecule has 282 valence electrons. The summed E-state index contributed by atoms with van der Waals surface area (Å²) in [7, 11) is 0. The first-order valence-electron chi connectivity index (χ1n) is 19.0. The van der Waals surface area contributed by atoms with E-state index in [4.69, 9.17) is 25.8 Å². The predicted molar refractivity (Wildman–Crippen MR) is 223 cm³/mol. The third-order valence-electron chi connectivity index (χ3n) is 10.4. The monoisotopic (exact) mass is 769 g/mol. The number of esters is 1. The summed E-state index contributed by atoms with van der Waals surface area (Å²) in [5.74, 6) is -0.140. The molecule has 0 aromatic heterocycles. The fourth-order valence-electron chi connectivity index (χ4n) is 7.64. The number of fused-ring (bicyclic) bond motifs is 3. The van der Waals surface area contributed by atoms with Crippen LogP contribution in [0.2, 0.25) is 5.02 Å². The second-order valence-corrected chi connectivity index (χ2v) is 14.4. The van der Waals surface area contributed by atoms with E-state index >= 15 is 0 Å². The van der Waals surface area contributed by atoms with Gasteiger partial charge in [-0.1, -0.05) is 181 Å². The van der Waals surface area contributed by atoms with E-state index in [1.54, 1.807) is 6.07 Å². The number of benzene rings is 7. The third kappa shape index (κ3) is 8.04. The second-order valence-electron chi connectivity index (χ2n) is 14.0. The van der Waals surface area contributed by atoms with Crippen LogP contribution in [0.15, 0.2) is 188 Å². The average Bonchev–Trinajstić information content (AvgIpc) is 3.59. The van der Waals surface area contributed by atoms with Crippen molar-refractivity contribution in [2.75, 3.05) is 6.61 Å². The number of hydrogen-bond donors (Lipinski definition) is 1. The lowest BCUT2D eigenvalue weighted by molar-refractivity contribution is -0.156. The van der Waals surface area contributed by atoms with E-state index < -0.39 is 23.7 Å². The molecule has 0 unspecified atom stereocenters. The van der Waals surface area contributed by atoms with Gasteiger partial charge >= 0.3 is 12.1 Å². The van der Waals surface area contributed by atoms with Crippen LogP contribution in [-0.2, 0) is 32.9 Å². The molecule has 1 atom stereocenters. The number of halogens is 1. The maximum absolute atomic E-state index is 14.9. The molecule has 8 rings (SSSR count). The summed E-state index contributed by atoms with van der Waals surface area (Å²) in [5, 5.41) is 3.31. The van der Waals surface area contributed by atoms with Gasteiger partial charge in [0.2, 0.25) is 0 Å². The van der Waals surface area contributed by atoms with E-state index in [2.05, 4.69) is 29.6 Å².